The molecular formula is C26H47N5O10S. The molecule has 16 heteroatoms. The van der Waals surface area contributed by atoms with Crippen LogP contribution in [0.3, 0.4) is 0 Å². The summed E-state index contributed by atoms with van der Waals surface area (Å²) in [7, 11) is -3.92. The zero-order chi connectivity index (χ0) is 32.1. The van der Waals surface area contributed by atoms with Crippen LogP contribution in [0.5, 0.6) is 0 Å². The first kappa shape index (κ1) is 37.4. The number of hydrogen-bond donors (Lipinski definition) is 5. The molecule has 0 saturated carbocycles. The molecule has 0 aromatic heterocycles. The molecule has 1 rings (SSSR count). The van der Waals surface area contributed by atoms with Crippen molar-refractivity contribution in [2.75, 3.05) is 58.8 Å². The van der Waals surface area contributed by atoms with Crippen molar-refractivity contribution in [3.63, 3.8) is 0 Å². The Bertz CT molecular complexity index is 1040. The average Bonchev–Trinajstić information content (AvgIpc) is 2.88. The van der Waals surface area contributed by atoms with Crippen LogP contribution in [0.15, 0.2) is 0 Å². The van der Waals surface area contributed by atoms with Crippen LogP contribution >= 0.6 is 0 Å². The van der Waals surface area contributed by atoms with E-state index >= 15 is 0 Å². The average molecular weight is 622 g/mol. The van der Waals surface area contributed by atoms with Crippen LogP contribution in [-0.4, -0.2) is 124 Å². The number of aliphatic hydroxyl groups is 1. The monoisotopic (exact) mass is 621 g/mol. The molecule has 0 aromatic rings. The molecule has 1 aliphatic heterocycles. The van der Waals surface area contributed by atoms with Gasteiger partial charge in [0.1, 0.15) is 18.2 Å². The second-order valence-corrected chi connectivity index (χ2v) is 13.1. The number of nitrogens with one attached hydrogen (secondary N) is 4. The van der Waals surface area contributed by atoms with Crippen molar-refractivity contribution < 1.29 is 46.4 Å². The molecule has 242 valence electrons. The van der Waals surface area contributed by atoms with Crippen molar-refractivity contribution in [1.29, 1.82) is 0 Å². The van der Waals surface area contributed by atoms with Crippen LogP contribution in [0.1, 0.15) is 47.5 Å². The number of rotatable bonds is 18. The quantitative estimate of drug-likeness (QED) is 0.105. The van der Waals surface area contributed by atoms with E-state index in [0.29, 0.717) is 26.3 Å². The molecule has 1 fully saturated rings. The van der Waals surface area contributed by atoms with Crippen LogP contribution in [0, 0.1) is 11.8 Å². The molecule has 4 amide bonds. The SMILES string of the molecule is CC(C)C[C@H](NC(=O)CNC(=O)CN1CCOCC1)C(=O)NCC(=O)N[C@@H](CC(C)C)C(=O)[C@](C)(O)COS(C)(=O)=O. The maximum Gasteiger partial charge on any atom is 0.264 e. The Morgan fingerprint density at radius 1 is 0.881 bits per heavy atom. The Morgan fingerprint density at radius 3 is 1.90 bits per heavy atom. The highest BCUT2D eigenvalue weighted by molar-refractivity contribution is 7.86. The van der Waals surface area contributed by atoms with Gasteiger partial charge in [-0.25, -0.2) is 0 Å². The largest absolute Gasteiger partial charge is 0.380 e. The zero-order valence-electron chi connectivity index (χ0n) is 25.4. The van der Waals surface area contributed by atoms with E-state index in [-0.39, 0.29) is 43.7 Å². The van der Waals surface area contributed by atoms with E-state index in [4.69, 9.17) is 4.74 Å². The summed E-state index contributed by atoms with van der Waals surface area (Å²) in [5.41, 5.74) is -2.20. The van der Waals surface area contributed by atoms with Gasteiger partial charge >= 0.3 is 0 Å². The first-order chi connectivity index (χ1) is 19.4. The van der Waals surface area contributed by atoms with Gasteiger partial charge in [0, 0.05) is 13.1 Å². The molecule has 1 saturated heterocycles. The Hall–Kier alpha value is -2.66. The van der Waals surface area contributed by atoms with Crippen molar-refractivity contribution in [3.8, 4) is 0 Å². The van der Waals surface area contributed by atoms with E-state index in [1.807, 2.05) is 18.7 Å². The van der Waals surface area contributed by atoms with Crippen molar-refractivity contribution in [2.24, 2.45) is 11.8 Å². The molecule has 15 nitrogen and oxygen atoms in total. The van der Waals surface area contributed by atoms with Crippen LogP contribution in [0.2, 0.25) is 0 Å². The first-order valence-corrected chi connectivity index (χ1v) is 15.8. The predicted octanol–water partition coefficient (Wildman–Crippen LogP) is -2.09. The number of nitrogens with zero attached hydrogens (tertiary/aromatic N) is 1. The summed E-state index contributed by atoms with van der Waals surface area (Å²) < 4.78 is 32.4. The lowest BCUT2D eigenvalue weighted by Gasteiger charge is -2.28. The van der Waals surface area contributed by atoms with E-state index in [1.165, 1.54) is 0 Å². The Kier molecular flexibility index (Phi) is 15.5. The van der Waals surface area contributed by atoms with Gasteiger partial charge in [-0.1, -0.05) is 27.7 Å². The van der Waals surface area contributed by atoms with Gasteiger partial charge in [-0.2, -0.15) is 8.42 Å². The molecule has 3 atom stereocenters. The highest BCUT2D eigenvalue weighted by atomic mass is 32.2. The molecule has 1 heterocycles. The molecule has 0 bridgehead atoms. The smallest absolute Gasteiger partial charge is 0.264 e. The number of morpholine rings is 1. The minimum Gasteiger partial charge on any atom is -0.380 e. The van der Waals surface area contributed by atoms with E-state index in [1.54, 1.807) is 13.8 Å². The third-order valence-corrected chi connectivity index (χ3v) is 6.69. The zero-order valence-corrected chi connectivity index (χ0v) is 26.2. The predicted molar refractivity (Wildman–Crippen MR) is 152 cm³/mol. The van der Waals surface area contributed by atoms with E-state index in [2.05, 4.69) is 25.5 Å². The van der Waals surface area contributed by atoms with Crippen molar-refractivity contribution in [1.82, 2.24) is 26.2 Å². The number of carbonyl (C=O) groups excluding carboxylic acids is 5. The number of Topliss-reactive ketones (excluding diaryl/α,β-unsaturated/α-hetero) is 1. The normalized spacial score (nSPS) is 17.2. The van der Waals surface area contributed by atoms with Gasteiger partial charge in [0.25, 0.3) is 10.1 Å². The minimum atomic E-state index is -3.92. The van der Waals surface area contributed by atoms with E-state index < -0.39 is 64.5 Å². The van der Waals surface area contributed by atoms with Crippen LogP contribution in [0.25, 0.3) is 0 Å². The molecule has 0 spiro atoms. The number of carbonyl (C=O) groups is 5. The summed E-state index contributed by atoms with van der Waals surface area (Å²) in [4.78, 5) is 65.0. The van der Waals surface area contributed by atoms with Gasteiger partial charge in [0.15, 0.2) is 5.78 Å². The summed E-state index contributed by atoms with van der Waals surface area (Å²) in [5, 5.41) is 20.6. The van der Waals surface area contributed by atoms with Crippen LogP contribution in [0.4, 0.5) is 0 Å². The Labute approximate surface area is 247 Å². The van der Waals surface area contributed by atoms with Gasteiger partial charge < -0.3 is 31.1 Å². The van der Waals surface area contributed by atoms with Crippen molar-refractivity contribution >= 4 is 39.5 Å². The van der Waals surface area contributed by atoms with E-state index in [0.717, 1.165) is 13.2 Å². The second kappa shape index (κ2) is 17.5. The topological polar surface area (TPSA) is 210 Å². The molecule has 0 aromatic carbocycles. The standard InChI is InChI=1S/C26H47N5O10S/c1-17(2)11-19(24(35)26(5,37)16-41-42(6,38)39)29-22(33)14-28-25(36)20(12-18(3)4)30-21(32)13-27-23(34)15-31-7-9-40-10-8-31/h17-20,37H,7-16H2,1-6H3,(H,27,34)(H,28,36)(H,29,33)(H,30,32)/t19-,20-,26+/m0/s1. The summed E-state index contributed by atoms with van der Waals surface area (Å²) in [6.07, 6.45) is 1.18. The van der Waals surface area contributed by atoms with Crippen LogP contribution in [-0.2, 0) is 43.0 Å². The molecule has 5 N–H and O–H groups in total. The fourth-order valence-corrected chi connectivity index (χ4v) is 4.50. The lowest BCUT2D eigenvalue weighted by Crippen LogP contribution is -2.55. The second-order valence-electron chi connectivity index (χ2n) is 11.5. The minimum absolute atomic E-state index is 0.00946. The maximum atomic E-state index is 13.0. The molecule has 0 unspecified atom stereocenters. The maximum absolute atomic E-state index is 13.0. The highest BCUT2D eigenvalue weighted by Crippen LogP contribution is 2.15. The van der Waals surface area contributed by atoms with Crippen LogP contribution < -0.4 is 21.3 Å². The fourth-order valence-electron chi connectivity index (χ4n) is 4.05. The van der Waals surface area contributed by atoms with Crippen molar-refractivity contribution in [3.05, 3.63) is 0 Å². The number of hydrogen-bond acceptors (Lipinski definition) is 11. The summed E-state index contributed by atoms with van der Waals surface area (Å²) in [6, 6.07) is -2.16. The molecular weight excluding hydrogens is 574 g/mol. The third kappa shape index (κ3) is 15.5. The third-order valence-electron chi connectivity index (χ3n) is 6.14. The fraction of sp³-hybridized carbons (Fsp3) is 0.808. The first-order valence-electron chi connectivity index (χ1n) is 13.9. The highest BCUT2D eigenvalue weighted by Gasteiger charge is 2.38. The summed E-state index contributed by atoms with van der Waals surface area (Å²) in [5.74, 6) is -3.19. The van der Waals surface area contributed by atoms with Gasteiger partial charge in [0.2, 0.25) is 23.6 Å². The number of amides is 4. The summed E-state index contributed by atoms with van der Waals surface area (Å²) >= 11 is 0. The van der Waals surface area contributed by atoms with E-state index in [9.17, 15) is 37.5 Å². The number of ketones is 1. The number of ether oxygens (including phenoxy) is 1. The van der Waals surface area contributed by atoms with Gasteiger partial charge in [-0.05, 0) is 31.6 Å². The summed E-state index contributed by atoms with van der Waals surface area (Å²) in [6.45, 7) is 9.14. The molecule has 42 heavy (non-hydrogen) atoms. The Balaban J connectivity index is 2.70. The Morgan fingerprint density at radius 2 is 1.38 bits per heavy atom. The van der Waals surface area contributed by atoms with Gasteiger partial charge in [-0.15, -0.1) is 0 Å². The molecule has 0 radical (unpaired) electrons. The van der Waals surface area contributed by atoms with Gasteiger partial charge in [0.05, 0.1) is 45.1 Å². The molecule has 0 aliphatic carbocycles. The molecule has 1 aliphatic rings. The van der Waals surface area contributed by atoms with Crippen molar-refractivity contribution in [2.45, 2.75) is 65.1 Å². The van der Waals surface area contributed by atoms with Gasteiger partial charge in [-0.3, -0.25) is 33.1 Å². The lowest BCUT2D eigenvalue weighted by molar-refractivity contribution is -0.143. The lowest BCUT2D eigenvalue weighted by atomic mass is 9.90.